The van der Waals surface area contributed by atoms with Crippen LogP contribution in [0.1, 0.15) is 16.1 Å². The number of nitrogens with one attached hydrogen (secondary N) is 1. The average Bonchev–Trinajstić information content (AvgIpc) is 3.13. The zero-order chi connectivity index (χ0) is 17.3. The van der Waals surface area contributed by atoms with E-state index >= 15 is 0 Å². The Kier molecular flexibility index (Phi) is 4.22. The van der Waals surface area contributed by atoms with Crippen molar-refractivity contribution in [2.45, 2.75) is 6.92 Å². The van der Waals surface area contributed by atoms with Gasteiger partial charge in [-0.05, 0) is 31.2 Å². The molecule has 1 amide bonds. The first-order chi connectivity index (χ1) is 11.5. The molecule has 0 fully saturated rings. The van der Waals surface area contributed by atoms with Crippen molar-refractivity contribution in [2.24, 2.45) is 7.05 Å². The van der Waals surface area contributed by atoms with Gasteiger partial charge in [0.05, 0.1) is 18.4 Å². The number of hydrogen-bond acceptors (Lipinski definition) is 6. The average molecular weight is 348 g/mol. The highest BCUT2D eigenvalue weighted by molar-refractivity contribution is 6.31. The third kappa shape index (κ3) is 3.09. The van der Waals surface area contributed by atoms with Crippen molar-refractivity contribution >= 4 is 23.5 Å². The second-order valence-corrected chi connectivity index (χ2v) is 5.44. The van der Waals surface area contributed by atoms with E-state index < -0.39 is 5.91 Å². The highest BCUT2D eigenvalue weighted by Gasteiger charge is 2.18. The maximum absolute atomic E-state index is 12.4. The lowest BCUT2D eigenvalue weighted by atomic mass is 10.2. The van der Waals surface area contributed by atoms with E-state index in [0.29, 0.717) is 16.5 Å². The predicted octanol–water partition coefficient (Wildman–Crippen LogP) is 2.69. The Balaban J connectivity index is 1.84. The second-order valence-electron chi connectivity index (χ2n) is 5.01. The summed E-state index contributed by atoms with van der Waals surface area (Å²) in [6.07, 6.45) is 0. The Morgan fingerprint density at radius 3 is 2.79 bits per heavy atom. The molecule has 3 rings (SSSR count). The highest BCUT2D eigenvalue weighted by atomic mass is 35.5. The molecule has 0 radical (unpaired) electrons. The molecular weight excluding hydrogens is 334 g/mol. The number of hydrogen-bond donors (Lipinski definition) is 1. The third-order valence-corrected chi connectivity index (χ3v) is 3.51. The lowest BCUT2D eigenvalue weighted by Crippen LogP contribution is -2.13. The Bertz CT molecular complexity index is 902. The molecule has 3 aromatic rings. The summed E-state index contributed by atoms with van der Waals surface area (Å²) in [4.78, 5) is 12.4. The molecule has 1 N–H and O–H groups in total. The summed E-state index contributed by atoms with van der Waals surface area (Å²) < 4.78 is 12.2. The molecule has 0 aliphatic heterocycles. The number of carbonyl (C=O) groups is 1. The van der Waals surface area contributed by atoms with Gasteiger partial charge in [0.1, 0.15) is 11.4 Å². The number of nitrogens with zero attached hydrogens (tertiary/aromatic N) is 4. The zero-order valence-corrected chi connectivity index (χ0v) is 14.0. The Morgan fingerprint density at radius 2 is 2.12 bits per heavy atom. The molecule has 0 saturated carbocycles. The topological polar surface area (TPSA) is 95.1 Å². The molecule has 8 nitrogen and oxygen atoms in total. The molecule has 0 atom stereocenters. The lowest BCUT2D eigenvalue weighted by Gasteiger charge is -2.07. The van der Waals surface area contributed by atoms with Crippen molar-refractivity contribution in [3.63, 3.8) is 0 Å². The van der Waals surface area contributed by atoms with Crippen LogP contribution in [0, 0.1) is 6.92 Å². The Hall–Kier alpha value is -2.87. The Labute approximate surface area is 142 Å². The summed E-state index contributed by atoms with van der Waals surface area (Å²) in [6.45, 7) is 1.86. The van der Waals surface area contributed by atoms with E-state index in [1.165, 1.54) is 13.2 Å². The van der Waals surface area contributed by atoms with E-state index in [4.69, 9.17) is 20.8 Å². The summed E-state index contributed by atoms with van der Waals surface area (Å²) >= 11 is 5.93. The van der Waals surface area contributed by atoms with Crippen LogP contribution >= 0.6 is 11.6 Å². The first kappa shape index (κ1) is 16.0. The van der Waals surface area contributed by atoms with Gasteiger partial charge in [-0.1, -0.05) is 16.7 Å². The van der Waals surface area contributed by atoms with Crippen LogP contribution in [0.5, 0.6) is 5.75 Å². The standard InChI is InChI=1S/C15H14ClN5O3/c1-8-6-11(21(2)20-8)14-18-19-15(24-14)17-13(22)10-7-9(16)4-5-12(10)23-3/h4-7H,1-3H3,(H,17,19,22). The number of carbonyl (C=O) groups excluding carboxylic acids is 1. The van der Waals surface area contributed by atoms with Crippen molar-refractivity contribution in [3.8, 4) is 17.3 Å². The number of benzene rings is 1. The van der Waals surface area contributed by atoms with Crippen LogP contribution in [0.15, 0.2) is 28.7 Å². The van der Waals surface area contributed by atoms with Crippen LogP contribution in [-0.4, -0.2) is 33.0 Å². The van der Waals surface area contributed by atoms with Gasteiger partial charge < -0.3 is 9.15 Å². The smallest absolute Gasteiger partial charge is 0.322 e. The Morgan fingerprint density at radius 1 is 1.33 bits per heavy atom. The number of halogens is 1. The number of anilines is 1. The molecule has 0 saturated heterocycles. The van der Waals surface area contributed by atoms with Crippen molar-refractivity contribution in [3.05, 3.63) is 40.5 Å². The van der Waals surface area contributed by atoms with Crippen LogP contribution < -0.4 is 10.1 Å². The van der Waals surface area contributed by atoms with Gasteiger partial charge in [0.15, 0.2) is 0 Å². The fourth-order valence-corrected chi connectivity index (χ4v) is 2.38. The summed E-state index contributed by atoms with van der Waals surface area (Å²) in [5.41, 5.74) is 1.74. The first-order valence-corrected chi connectivity index (χ1v) is 7.35. The number of amides is 1. The molecule has 9 heteroatoms. The van der Waals surface area contributed by atoms with E-state index in [-0.39, 0.29) is 17.5 Å². The molecule has 1 aromatic carbocycles. The number of methoxy groups -OCH3 is 1. The zero-order valence-electron chi connectivity index (χ0n) is 13.2. The fraction of sp³-hybridized carbons (Fsp3) is 0.200. The normalized spacial score (nSPS) is 10.7. The molecule has 0 spiro atoms. The van der Waals surface area contributed by atoms with Gasteiger partial charge in [-0.2, -0.15) is 5.10 Å². The predicted molar refractivity (Wildman–Crippen MR) is 87.2 cm³/mol. The molecule has 24 heavy (non-hydrogen) atoms. The SMILES string of the molecule is COc1ccc(Cl)cc1C(=O)Nc1nnc(-c2cc(C)nn2C)o1. The minimum absolute atomic E-state index is 0.0316. The number of aryl methyl sites for hydroxylation is 2. The molecule has 2 aromatic heterocycles. The van der Waals surface area contributed by atoms with E-state index in [1.807, 2.05) is 6.92 Å². The van der Waals surface area contributed by atoms with Gasteiger partial charge in [-0.15, -0.1) is 5.10 Å². The molecule has 0 unspecified atom stereocenters. The molecule has 124 valence electrons. The molecule has 0 aliphatic carbocycles. The summed E-state index contributed by atoms with van der Waals surface area (Å²) in [5, 5.41) is 14.9. The maximum atomic E-state index is 12.4. The van der Waals surface area contributed by atoms with Gasteiger partial charge >= 0.3 is 6.01 Å². The summed E-state index contributed by atoms with van der Waals surface area (Å²) in [6, 6.07) is 6.51. The minimum atomic E-state index is -0.467. The van der Waals surface area contributed by atoms with E-state index in [0.717, 1.165) is 5.69 Å². The maximum Gasteiger partial charge on any atom is 0.322 e. The molecule has 0 bridgehead atoms. The van der Waals surface area contributed by atoms with E-state index in [2.05, 4.69) is 20.6 Å². The van der Waals surface area contributed by atoms with Crippen molar-refractivity contribution < 1.29 is 13.9 Å². The monoisotopic (exact) mass is 347 g/mol. The van der Waals surface area contributed by atoms with Gasteiger partial charge in [-0.25, -0.2) is 0 Å². The van der Waals surface area contributed by atoms with Crippen molar-refractivity contribution in [1.82, 2.24) is 20.0 Å². The molecular formula is C15H14ClN5O3. The van der Waals surface area contributed by atoms with Crippen LogP contribution in [0.2, 0.25) is 5.02 Å². The van der Waals surface area contributed by atoms with Crippen LogP contribution in [0.3, 0.4) is 0 Å². The third-order valence-electron chi connectivity index (χ3n) is 3.27. The molecule has 0 aliphatic rings. The van der Waals surface area contributed by atoms with Gasteiger partial charge in [0.25, 0.3) is 11.8 Å². The van der Waals surface area contributed by atoms with Gasteiger partial charge in [0.2, 0.25) is 0 Å². The fourth-order valence-electron chi connectivity index (χ4n) is 2.21. The van der Waals surface area contributed by atoms with E-state index in [9.17, 15) is 4.79 Å². The van der Waals surface area contributed by atoms with Gasteiger partial charge in [-0.3, -0.25) is 14.8 Å². The second kappa shape index (κ2) is 6.32. The van der Waals surface area contributed by atoms with E-state index in [1.54, 1.807) is 29.9 Å². The van der Waals surface area contributed by atoms with Crippen LogP contribution in [-0.2, 0) is 7.05 Å². The van der Waals surface area contributed by atoms with Crippen LogP contribution in [0.25, 0.3) is 11.6 Å². The van der Waals surface area contributed by atoms with Crippen molar-refractivity contribution in [1.29, 1.82) is 0 Å². The first-order valence-electron chi connectivity index (χ1n) is 6.97. The van der Waals surface area contributed by atoms with Gasteiger partial charge in [0, 0.05) is 12.1 Å². The largest absolute Gasteiger partial charge is 0.496 e. The number of aromatic nitrogens is 4. The van der Waals surface area contributed by atoms with Crippen LogP contribution in [0.4, 0.5) is 6.01 Å². The molecule has 2 heterocycles. The quantitative estimate of drug-likeness (QED) is 0.779. The summed E-state index contributed by atoms with van der Waals surface area (Å²) in [7, 11) is 3.23. The number of rotatable bonds is 4. The lowest BCUT2D eigenvalue weighted by molar-refractivity contribution is 0.102. The number of ether oxygens (including phenoxy) is 1. The summed E-state index contributed by atoms with van der Waals surface area (Å²) in [5.74, 6) is 0.177. The van der Waals surface area contributed by atoms with Crippen molar-refractivity contribution in [2.75, 3.05) is 12.4 Å². The minimum Gasteiger partial charge on any atom is -0.496 e. The highest BCUT2D eigenvalue weighted by Crippen LogP contribution is 2.24.